The van der Waals surface area contributed by atoms with Crippen molar-refractivity contribution in [1.82, 2.24) is 0 Å². The van der Waals surface area contributed by atoms with Gasteiger partial charge in [-0.1, -0.05) is 5.87 Å². The molecule has 0 aromatic heterocycles. The summed E-state index contributed by atoms with van der Waals surface area (Å²) < 4.78 is 0. The van der Waals surface area contributed by atoms with E-state index in [1.807, 2.05) is 34.6 Å². The first-order chi connectivity index (χ1) is 11.6. The van der Waals surface area contributed by atoms with Crippen molar-refractivity contribution in [2.24, 2.45) is 4.99 Å². The first kappa shape index (κ1) is 18.7. The number of aliphatic hydroxyl groups is 3. The van der Waals surface area contributed by atoms with Crippen LogP contribution in [0.25, 0.3) is 0 Å². The van der Waals surface area contributed by atoms with Gasteiger partial charge in [-0.2, -0.15) is 10.5 Å². The molecule has 0 radical (unpaired) electrons. The maximum absolute atomic E-state index is 9.23. The molecular weight excluding hydrogens is 326 g/mol. The zero-order chi connectivity index (χ0) is 17.5. The Hall–Kier alpha value is -1.67. The van der Waals surface area contributed by atoms with Gasteiger partial charge < -0.3 is 26.0 Å². The molecule has 1 aromatic rings. The lowest BCUT2D eigenvalue weighted by Gasteiger charge is -2.25. The molecule has 0 bridgehead atoms. The van der Waals surface area contributed by atoms with Crippen molar-refractivity contribution in [3.63, 3.8) is 0 Å². The van der Waals surface area contributed by atoms with Crippen molar-refractivity contribution in [2.45, 2.75) is 5.25 Å². The van der Waals surface area contributed by atoms with Crippen LogP contribution in [0, 0.1) is 0 Å². The highest BCUT2D eigenvalue weighted by molar-refractivity contribution is 8.17. The molecule has 1 aliphatic heterocycles. The van der Waals surface area contributed by atoms with Gasteiger partial charge in [-0.3, -0.25) is 4.99 Å². The fourth-order valence-corrected chi connectivity index (χ4v) is 4.18. The highest BCUT2D eigenvalue weighted by Gasteiger charge is 2.25. The van der Waals surface area contributed by atoms with E-state index in [1.165, 1.54) is 0 Å². The van der Waals surface area contributed by atoms with Gasteiger partial charge in [-0.15, -0.1) is 0 Å². The van der Waals surface area contributed by atoms with Crippen LogP contribution in [0.2, 0.25) is 0 Å². The van der Waals surface area contributed by atoms with E-state index in [0.29, 0.717) is 25.3 Å². The van der Waals surface area contributed by atoms with Gasteiger partial charge in [-0.05, 0) is 35.2 Å². The van der Waals surface area contributed by atoms with Crippen LogP contribution in [0.4, 0.5) is 11.4 Å². The van der Waals surface area contributed by atoms with Gasteiger partial charge in [-0.25, -0.2) is 0 Å². The summed E-state index contributed by atoms with van der Waals surface area (Å²) >= 11 is 0. The van der Waals surface area contributed by atoms with Crippen molar-refractivity contribution in [3.8, 4) is 0 Å². The van der Waals surface area contributed by atoms with Crippen LogP contribution < -0.4 is 10.6 Å². The van der Waals surface area contributed by atoms with Crippen LogP contribution in [0.1, 0.15) is 10.8 Å². The molecule has 1 heterocycles. The van der Waals surface area contributed by atoms with Gasteiger partial charge in [0, 0.05) is 24.5 Å². The SMILES string of the molecule is C=S1C=CC(=NCCO)C1c1cc(N(CCO)CCO)ccc1N. The molecule has 0 saturated carbocycles. The Morgan fingerprint density at radius 2 is 1.88 bits per heavy atom. The Balaban J connectivity index is 2.38. The van der Waals surface area contributed by atoms with Gasteiger partial charge in [0.15, 0.2) is 0 Å². The molecule has 1 aromatic carbocycles. The van der Waals surface area contributed by atoms with E-state index in [-0.39, 0.29) is 35.6 Å². The molecule has 0 saturated heterocycles. The van der Waals surface area contributed by atoms with Gasteiger partial charge in [0.2, 0.25) is 0 Å². The van der Waals surface area contributed by atoms with Crippen molar-refractivity contribution in [3.05, 3.63) is 35.2 Å². The number of benzene rings is 1. The Labute approximate surface area is 144 Å². The summed E-state index contributed by atoms with van der Waals surface area (Å²) in [5.74, 6) is 4.19. The van der Waals surface area contributed by atoms with Gasteiger partial charge in [0.05, 0.1) is 37.3 Å². The Morgan fingerprint density at radius 3 is 2.50 bits per heavy atom. The van der Waals surface area contributed by atoms with Crippen LogP contribution in [0.3, 0.4) is 0 Å². The zero-order valence-corrected chi connectivity index (χ0v) is 14.5. The number of allylic oxidation sites excluding steroid dienone is 1. The molecule has 2 atom stereocenters. The molecule has 0 spiro atoms. The average molecular weight is 351 g/mol. The molecule has 2 rings (SSSR count). The molecule has 0 fully saturated rings. The quantitative estimate of drug-likeness (QED) is 0.409. The van der Waals surface area contributed by atoms with Gasteiger partial charge in [0.1, 0.15) is 0 Å². The summed E-state index contributed by atoms with van der Waals surface area (Å²) in [5.41, 5.74) is 9.57. The number of aliphatic hydroxyl groups excluding tert-OH is 3. The van der Waals surface area contributed by atoms with E-state index < -0.39 is 0 Å². The maximum atomic E-state index is 9.23. The molecule has 0 amide bonds. The Kier molecular flexibility index (Phi) is 6.99. The van der Waals surface area contributed by atoms with Crippen LogP contribution in [0.5, 0.6) is 0 Å². The minimum absolute atomic E-state index is 0.00524. The van der Waals surface area contributed by atoms with Crippen LogP contribution in [-0.4, -0.2) is 66.4 Å². The summed E-state index contributed by atoms with van der Waals surface area (Å²) in [4.78, 5) is 6.35. The number of aliphatic imine (C=N–C) groups is 1. The third-order valence-electron chi connectivity index (χ3n) is 3.84. The van der Waals surface area contributed by atoms with E-state index in [4.69, 9.17) is 10.8 Å². The van der Waals surface area contributed by atoms with E-state index in [0.717, 1.165) is 17.0 Å². The third-order valence-corrected chi connectivity index (χ3v) is 5.42. The lowest BCUT2D eigenvalue weighted by atomic mass is 10.0. The lowest BCUT2D eigenvalue weighted by Crippen LogP contribution is -2.29. The first-order valence-electron chi connectivity index (χ1n) is 7.83. The minimum Gasteiger partial charge on any atom is -0.398 e. The van der Waals surface area contributed by atoms with Crippen molar-refractivity contribution in [1.29, 1.82) is 0 Å². The number of nitrogens with two attached hydrogens (primary N) is 1. The molecule has 7 heteroatoms. The molecule has 2 unspecified atom stereocenters. The summed E-state index contributed by atoms with van der Waals surface area (Å²) in [6.45, 7) is 1.25. The van der Waals surface area contributed by atoms with E-state index in [9.17, 15) is 10.2 Å². The van der Waals surface area contributed by atoms with Crippen LogP contribution in [-0.2, 0) is 0 Å². The summed E-state index contributed by atoms with van der Waals surface area (Å²) in [6, 6.07) is 5.71. The second-order valence-electron chi connectivity index (χ2n) is 5.43. The number of nitrogens with zero attached hydrogens (tertiary/aromatic N) is 2. The predicted molar refractivity (Wildman–Crippen MR) is 103 cm³/mol. The number of rotatable bonds is 8. The molecular formula is C17H25N3O3S. The first-order valence-corrected chi connectivity index (χ1v) is 9.35. The number of hydrogen-bond donors (Lipinski definition) is 4. The Bertz CT molecular complexity index is 640. The summed E-state index contributed by atoms with van der Waals surface area (Å²) in [6.07, 6.45) is 1.95. The minimum atomic E-state index is -0.275. The zero-order valence-electron chi connectivity index (χ0n) is 13.6. The summed E-state index contributed by atoms with van der Waals surface area (Å²) in [7, 11) is -0.275. The topological polar surface area (TPSA) is 102 Å². The van der Waals surface area contributed by atoms with E-state index >= 15 is 0 Å². The van der Waals surface area contributed by atoms with Crippen LogP contribution in [0.15, 0.2) is 34.7 Å². The van der Waals surface area contributed by atoms with Crippen molar-refractivity contribution >= 4 is 33.4 Å². The van der Waals surface area contributed by atoms with E-state index in [2.05, 4.69) is 10.9 Å². The molecule has 0 aliphatic carbocycles. The number of anilines is 2. The predicted octanol–water partition coefficient (Wildman–Crippen LogP) is 0.762. The second-order valence-corrected chi connectivity index (χ2v) is 7.11. The van der Waals surface area contributed by atoms with E-state index in [1.54, 1.807) is 0 Å². The lowest BCUT2D eigenvalue weighted by molar-refractivity contribution is 0.281. The summed E-state index contributed by atoms with van der Waals surface area (Å²) in [5, 5.41) is 29.5. The molecule has 5 N–H and O–H groups in total. The maximum Gasteiger partial charge on any atom is 0.0718 e. The third kappa shape index (κ3) is 4.24. The normalized spacial score (nSPS) is 21.5. The van der Waals surface area contributed by atoms with Crippen molar-refractivity contribution in [2.75, 3.05) is 50.1 Å². The Morgan fingerprint density at radius 1 is 1.17 bits per heavy atom. The fourth-order valence-electron chi connectivity index (χ4n) is 2.71. The monoisotopic (exact) mass is 351 g/mol. The number of hydrogen-bond acceptors (Lipinski definition) is 6. The van der Waals surface area contributed by atoms with Crippen molar-refractivity contribution < 1.29 is 15.3 Å². The number of nitrogen functional groups attached to an aromatic ring is 1. The van der Waals surface area contributed by atoms with Gasteiger partial charge in [0.25, 0.3) is 0 Å². The highest BCUT2D eigenvalue weighted by Crippen LogP contribution is 2.44. The average Bonchev–Trinajstić information content (AvgIpc) is 2.94. The van der Waals surface area contributed by atoms with Crippen LogP contribution >= 0.6 is 10.5 Å². The van der Waals surface area contributed by atoms with Gasteiger partial charge >= 0.3 is 0 Å². The molecule has 132 valence electrons. The fraction of sp³-hybridized carbons (Fsp3) is 0.412. The molecule has 6 nitrogen and oxygen atoms in total. The largest absolute Gasteiger partial charge is 0.398 e. The second kappa shape index (κ2) is 8.98. The standard InChI is InChI=1S/C17H25N3O3S/c1-24-11-4-16(19-5-8-21)17(24)14-12-13(2-3-15(14)18)20(6-9-22)7-10-23/h2-4,11-12,17,21-23H,1,5-10,18H2. The highest BCUT2D eigenvalue weighted by atomic mass is 32.2. The molecule has 1 aliphatic rings. The molecule has 24 heavy (non-hydrogen) atoms. The smallest absolute Gasteiger partial charge is 0.0718 e.